The fraction of sp³-hybridized carbons (Fsp3) is 0.259. The van der Waals surface area contributed by atoms with Crippen LogP contribution in [-0.4, -0.2) is 57.0 Å². The largest absolute Gasteiger partial charge is 0.300 e. The van der Waals surface area contributed by atoms with E-state index in [0.29, 0.717) is 15.8 Å². The number of anilines is 2. The molecule has 0 aliphatic heterocycles. The van der Waals surface area contributed by atoms with Crippen LogP contribution in [0.3, 0.4) is 0 Å². The summed E-state index contributed by atoms with van der Waals surface area (Å²) in [6.45, 7) is 0. The van der Waals surface area contributed by atoms with Crippen LogP contribution in [0.4, 0.5) is 10.3 Å². The Morgan fingerprint density at radius 3 is 2.05 bits per heavy atom. The summed E-state index contributed by atoms with van der Waals surface area (Å²) in [5.41, 5.74) is 3.16. The van der Waals surface area contributed by atoms with Crippen LogP contribution in [0.1, 0.15) is 32.3 Å². The first-order chi connectivity index (χ1) is 19.5. The average molecular weight is 591 g/mol. The Morgan fingerprint density at radius 1 is 0.900 bits per heavy atom. The van der Waals surface area contributed by atoms with Crippen LogP contribution in [0.15, 0.2) is 53.5 Å². The second-order valence-electron chi connectivity index (χ2n) is 8.51. The predicted molar refractivity (Wildman–Crippen MR) is 160 cm³/mol. The van der Waals surface area contributed by atoms with Crippen molar-refractivity contribution in [2.45, 2.75) is 25.7 Å². The van der Waals surface area contributed by atoms with Crippen molar-refractivity contribution in [3.63, 3.8) is 0 Å². The number of nitriles is 1. The lowest BCUT2D eigenvalue weighted by atomic mass is 10.1. The zero-order valence-electron chi connectivity index (χ0n) is 21.7. The smallest absolute Gasteiger partial charge is 0.230 e. The number of hydrogen-bond acceptors (Lipinski definition) is 11. The topological polar surface area (TPSA) is 146 Å². The third-order valence-corrected chi connectivity index (χ3v) is 8.14. The highest BCUT2D eigenvalue weighted by molar-refractivity contribution is 7.99. The van der Waals surface area contributed by atoms with Crippen LogP contribution in [0, 0.1) is 11.3 Å². The molecule has 0 bridgehead atoms. The molecule has 10 nitrogen and oxygen atoms in total. The highest BCUT2D eigenvalue weighted by atomic mass is 32.2. The Morgan fingerprint density at radius 2 is 1.48 bits per heavy atom. The Hall–Kier alpha value is -3.99. The van der Waals surface area contributed by atoms with Crippen LogP contribution in [0.25, 0.3) is 0 Å². The van der Waals surface area contributed by atoms with Gasteiger partial charge in [-0.2, -0.15) is 17.0 Å². The molecule has 204 valence electrons. The van der Waals surface area contributed by atoms with Gasteiger partial charge in [0.15, 0.2) is 0 Å². The maximum absolute atomic E-state index is 12.4. The molecule has 0 atom stereocenters. The molecule has 0 saturated carbocycles. The zero-order valence-corrected chi connectivity index (χ0v) is 24.1. The van der Waals surface area contributed by atoms with Crippen molar-refractivity contribution in [2.75, 3.05) is 29.2 Å². The van der Waals surface area contributed by atoms with Crippen molar-refractivity contribution >= 4 is 62.7 Å². The van der Waals surface area contributed by atoms with Gasteiger partial charge in [0, 0.05) is 26.1 Å². The van der Waals surface area contributed by atoms with E-state index >= 15 is 0 Å². The number of aromatic nitrogens is 4. The van der Waals surface area contributed by atoms with Gasteiger partial charge in [-0.1, -0.05) is 53.0 Å². The molecule has 2 N–H and O–H groups in total. The number of aryl methyl sites for hydroxylation is 2. The molecule has 40 heavy (non-hydrogen) atoms. The second-order valence-corrected chi connectivity index (χ2v) is 11.9. The quantitative estimate of drug-likeness (QED) is 0.174. The molecule has 2 aromatic heterocycles. The number of aliphatic imine (C=N–C) groups is 1. The Labute approximate surface area is 244 Å². The van der Waals surface area contributed by atoms with Gasteiger partial charge in [0.05, 0.1) is 24.5 Å². The standard InChI is InChI=1S/C27H26N8O2S3/c1-29-17-21-7-3-5-19(13-21)15-23(37)31-27-35-33-25(40-27)9-11-38-10-8-24-32-34-26(39-24)30-22(36)14-18-4-2-6-20(12-18)16-28/h2-7,12-13,17H,8-11,14-15H2,1H3,(H,30,34,36)(H,31,35,37)/b29-17+. The third kappa shape index (κ3) is 9.33. The van der Waals surface area contributed by atoms with Crippen molar-refractivity contribution in [3.05, 3.63) is 80.8 Å². The first-order valence-corrected chi connectivity index (χ1v) is 15.1. The minimum Gasteiger partial charge on any atom is -0.300 e. The fourth-order valence-corrected chi connectivity index (χ4v) is 6.26. The molecule has 4 aromatic rings. The molecular weight excluding hydrogens is 565 g/mol. The molecule has 0 unspecified atom stereocenters. The van der Waals surface area contributed by atoms with Crippen molar-refractivity contribution < 1.29 is 9.59 Å². The lowest BCUT2D eigenvalue weighted by Gasteiger charge is -2.02. The number of benzene rings is 2. The summed E-state index contributed by atoms with van der Waals surface area (Å²) < 4.78 is 0. The van der Waals surface area contributed by atoms with Crippen LogP contribution in [0.2, 0.25) is 0 Å². The highest BCUT2D eigenvalue weighted by Gasteiger charge is 2.11. The fourth-order valence-electron chi connectivity index (χ4n) is 3.61. The SMILES string of the molecule is C/N=C/c1cccc(CC(=O)Nc2nnc(CCSCCc3nnc(NC(=O)Cc4cccc(C#N)c4)s3)s2)c1. The molecule has 0 fully saturated rings. The summed E-state index contributed by atoms with van der Waals surface area (Å²) >= 11 is 4.51. The number of carbonyl (C=O) groups is 2. The maximum Gasteiger partial charge on any atom is 0.230 e. The molecule has 2 aromatic carbocycles. The number of hydrogen-bond donors (Lipinski definition) is 2. The van der Waals surface area contributed by atoms with Crippen molar-refractivity contribution in [1.29, 1.82) is 5.26 Å². The first-order valence-electron chi connectivity index (χ1n) is 12.3. The minimum atomic E-state index is -0.198. The minimum absolute atomic E-state index is 0.136. The Balaban J connectivity index is 1.13. The lowest BCUT2D eigenvalue weighted by Crippen LogP contribution is -2.14. The average Bonchev–Trinajstić information content (AvgIpc) is 3.58. The van der Waals surface area contributed by atoms with E-state index in [9.17, 15) is 9.59 Å². The van der Waals surface area contributed by atoms with Gasteiger partial charge in [-0.15, -0.1) is 20.4 Å². The van der Waals surface area contributed by atoms with E-state index in [2.05, 4.69) is 42.1 Å². The summed E-state index contributed by atoms with van der Waals surface area (Å²) in [5, 5.41) is 33.8. The monoisotopic (exact) mass is 590 g/mol. The number of rotatable bonds is 13. The van der Waals surface area contributed by atoms with Gasteiger partial charge in [-0.05, 0) is 46.4 Å². The van der Waals surface area contributed by atoms with Gasteiger partial charge >= 0.3 is 0 Å². The molecular formula is C27H26N8O2S3. The molecule has 0 radical (unpaired) electrons. The van der Waals surface area contributed by atoms with E-state index in [1.807, 2.05) is 30.3 Å². The van der Waals surface area contributed by atoms with E-state index in [4.69, 9.17) is 5.26 Å². The zero-order chi connectivity index (χ0) is 28.2. The molecule has 0 saturated heterocycles. The third-order valence-electron chi connectivity index (χ3n) is 5.36. The summed E-state index contributed by atoms with van der Waals surface area (Å²) in [6.07, 6.45) is 3.67. The normalized spacial score (nSPS) is 10.9. The van der Waals surface area contributed by atoms with Crippen molar-refractivity contribution in [1.82, 2.24) is 20.4 Å². The van der Waals surface area contributed by atoms with Gasteiger partial charge in [-0.3, -0.25) is 14.6 Å². The Kier molecular flexibility index (Phi) is 10.9. The van der Waals surface area contributed by atoms with Crippen LogP contribution >= 0.6 is 34.4 Å². The molecule has 2 amide bonds. The number of nitrogens with zero attached hydrogens (tertiary/aromatic N) is 6. The van der Waals surface area contributed by atoms with Gasteiger partial charge in [0.25, 0.3) is 0 Å². The maximum atomic E-state index is 12.4. The Bertz CT molecular complexity index is 1530. The van der Waals surface area contributed by atoms with E-state index in [0.717, 1.165) is 51.1 Å². The summed E-state index contributed by atoms with van der Waals surface area (Å²) in [4.78, 5) is 28.7. The molecule has 2 heterocycles. The van der Waals surface area contributed by atoms with Crippen LogP contribution < -0.4 is 10.6 Å². The molecule has 4 rings (SSSR count). The molecule has 0 aliphatic rings. The van der Waals surface area contributed by atoms with Crippen LogP contribution in [0.5, 0.6) is 0 Å². The number of nitrogens with one attached hydrogen (secondary N) is 2. The first kappa shape index (κ1) is 29.0. The lowest BCUT2D eigenvalue weighted by molar-refractivity contribution is -0.116. The van der Waals surface area contributed by atoms with Crippen molar-refractivity contribution in [2.24, 2.45) is 4.99 Å². The van der Waals surface area contributed by atoms with E-state index < -0.39 is 0 Å². The van der Waals surface area contributed by atoms with E-state index in [-0.39, 0.29) is 24.7 Å². The van der Waals surface area contributed by atoms with Crippen molar-refractivity contribution in [3.8, 4) is 6.07 Å². The highest BCUT2D eigenvalue weighted by Crippen LogP contribution is 2.20. The summed E-state index contributed by atoms with van der Waals surface area (Å²) in [5.74, 6) is 1.38. The van der Waals surface area contributed by atoms with E-state index in [1.165, 1.54) is 22.7 Å². The summed E-state index contributed by atoms with van der Waals surface area (Å²) in [7, 11) is 1.71. The van der Waals surface area contributed by atoms with Gasteiger partial charge in [0.1, 0.15) is 10.0 Å². The van der Waals surface area contributed by atoms with Gasteiger partial charge in [-0.25, -0.2) is 0 Å². The molecule has 0 spiro atoms. The number of thioether (sulfide) groups is 1. The van der Waals surface area contributed by atoms with E-state index in [1.54, 1.807) is 43.2 Å². The number of carbonyl (C=O) groups excluding carboxylic acids is 2. The van der Waals surface area contributed by atoms with Gasteiger partial charge in [0.2, 0.25) is 22.1 Å². The predicted octanol–water partition coefficient (Wildman–Crippen LogP) is 4.19. The molecule has 13 heteroatoms. The van der Waals surface area contributed by atoms with Crippen LogP contribution in [-0.2, 0) is 35.3 Å². The summed E-state index contributed by atoms with van der Waals surface area (Å²) in [6, 6.07) is 16.7. The second kappa shape index (κ2) is 15.0. The number of amides is 2. The molecule has 0 aliphatic carbocycles. The van der Waals surface area contributed by atoms with Gasteiger partial charge < -0.3 is 10.6 Å².